The van der Waals surface area contributed by atoms with Crippen molar-refractivity contribution >= 4 is 39.2 Å². The van der Waals surface area contributed by atoms with Crippen LogP contribution < -0.4 is 10.6 Å². The largest absolute Gasteiger partial charge is 0.368 e. The topological polar surface area (TPSA) is 71.2 Å². The van der Waals surface area contributed by atoms with Crippen molar-refractivity contribution in [3.8, 4) is 0 Å². The van der Waals surface area contributed by atoms with Gasteiger partial charge in [-0.3, -0.25) is 4.90 Å². The summed E-state index contributed by atoms with van der Waals surface area (Å²) in [6.45, 7) is 1.47. The summed E-state index contributed by atoms with van der Waals surface area (Å²) in [7, 11) is 5.79. The van der Waals surface area contributed by atoms with Crippen molar-refractivity contribution in [1.82, 2.24) is 19.9 Å². The highest BCUT2D eigenvalue weighted by molar-refractivity contribution is 9.11. The van der Waals surface area contributed by atoms with Crippen molar-refractivity contribution in [3.05, 3.63) is 26.6 Å². The monoisotopic (exact) mass is 356 g/mol. The SMILES string of the molecule is CN(Cc1nc(N)nc(N(C)C)n1)Cc1ccc(Br)s1. The van der Waals surface area contributed by atoms with Crippen LogP contribution in [-0.2, 0) is 13.1 Å². The number of anilines is 2. The van der Waals surface area contributed by atoms with Crippen LogP contribution in [0.15, 0.2) is 15.9 Å². The second-order valence-electron chi connectivity index (χ2n) is 4.68. The lowest BCUT2D eigenvalue weighted by Crippen LogP contribution is -2.21. The minimum atomic E-state index is 0.256. The lowest BCUT2D eigenvalue weighted by molar-refractivity contribution is 0.313. The Bertz CT molecular complexity index is 585. The van der Waals surface area contributed by atoms with Crippen LogP contribution >= 0.6 is 27.3 Å². The molecule has 0 saturated heterocycles. The van der Waals surface area contributed by atoms with Crippen LogP contribution in [0.5, 0.6) is 0 Å². The average molecular weight is 357 g/mol. The van der Waals surface area contributed by atoms with Crippen LogP contribution in [0.2, 0.25) is 0 Å². The maximum Gasteiger partial charge on any atom is 0.229 e. The zero-order valence-electron chi connectivity index (χ0n) is 11.7. The summed E-state index contributed by atoms with van der Waals surface area (Å²) in [5.74, 6) is 1.52. The average Bonchev–Trinajstić information content (AvgIpc) is 2.73. The summed E-state index contributed by atoms with van der Waals surface area (Å²) < 4.78 is 1.14. The molecule has 0 atom stereocenters. The van der Waals surface area contributed by atoms with Gasteiger partial charge >= 0.3 is 0 Å². The zero-order valence-corrected chi connectivity index (χ0v) is 14.1. The van der Waals surface area contributed by atoms with Crippen molar-refractivity contribution in [3.63, 3.8) is 0 Å². The first-order chi connectivity index (χ1) is 9.44. The number of rotatable bonds is 5. The van der Waals surface area contributed by atoms with E-state index < -0.39 is 0 Å². The molecule has 0 aliphatic carbocycles. The van der Waals surface area contributed by atoms with E-state index in [-0.39, 0.29) is 5.95 Å². The van der Waals surface area contributed by atoms with Crippen LogP contribution in [0.4, 0.5) is 11.9 Å². The Morgan fingerprint density at radius 2 is 1.90 bits per heavy atom. The Kier molecular flexibility index (Phi) is 4.90. The molecule has 0 aliphatic rings. The molecule has 2 rings (SSSR count). The summed E-state index contributed by atoms with van der Waals surface area (Å²) in [6, 6.07) is 4.16. The van der Waals surface area contributed by atoms with Gasteiger partial charge in [-0.2, -0.15) is 15.0 Å². The van der Waals surface area contributed by atoms with Gasteiger partial charge in [0.1, 0.15) is 5.82 Å². The van der Waals surface area contributed by atoms with Crippen molar-refractivity contribution < 1.29 is 0 Å². The standard InChI is InChI=1S/C12H17BrN6S/c1-18(2)12-16-10(15-11(14)17-12)7-19(3)6-8-4-5-9(13)20-8/h4-5H,6-7H2,1-3H3,(H2,14,15,16,17). The fraction of sp³-hybridized carbons (Fsp3) is 0.417. The van der Waals surface area contributed by atoms with Gasteiger partial charge in [-0.1, -0.05) is 0 Å². The molecular weight excluding hydrogens is 340 g/mol. The van der Waals surface area contributed by atoms with Gasteiger partial charge in [0.2, 0.25) is 11.9 Å². The predicted octanol–water partition coefficient (Wildman–Crippen LogP) is 1.98. The first kappa shape index (κ1) is 15.1. The molecule has 6 nitrogen and oxygen atoms in total. The molecule has 108 valence electrons. The van der Waals surface area contributed by atoms with E-state index in [0.29, 0.717) is 18.3 Å². The van der Waals surface area contributed by atoms with E-state index >= 15 is 0 Å². The number of aromatic nitrogens is 3. The summed E-state index contributed by atoms with van der Waals surface area (Å²) >= 11 is 5.20. The molecule has 0 radical (unpaired) electrons. The highest BCUT2D eigenvalue weighted by atomic mass is 79.9. The molecule has 2 aromatic rings. The molecule has 20 heavy (non-hydrogen) atoms. The van der Waals surface area contributed by atoms with Gasteiger partial charge in [0.25, 0.3) is 0 Å². The lowest BCUT2D eigenvalue weighted by Gasteiger charge is -2.16. The van der Waals surface area contributed by atoms with Gasteiger partial charge in [-0.25, -0.2) is 0 Å². The molecule has 0 saturated carbocycles. The summed E-state index contributed by atoms with van der Waals surface area (Å²) in [5, 5.41) is 0. The quantitative estimate of drug-likeness (QED) is 0.882. The number of hydrogen-bond acceptors (Lipinski definition) is 7. The minimum absolute atomic E-state index is 0.256. The molecule has 0 fully saturated rings. The molecule has 0 unspecified atom stereocenters. The molecular formula is C12H17BrN6S. The van der Waals surface area contributed by atoms with Crippen LogP contribution in [0.3, 0.4) is 0 Å². The van der Waals surface area contributed by atoms with Crippen LogP contribution in [-0.4, -0.2) is 41.0 Å². The molecule has 0 aliphatic heterocycles. The maximum absolute atomic E-state index is 5.72. The number of nitrogens with two attached hydrogens (primary N) is 1. The molecule has 2 heterocycles. The van der Waals surface area contributed by atoms with E-state index in [1.807, 2.05) is 26.0 Å². The van der Waals surface area contributed by atoms with E-state index in [2.05, 4.69) is 47.9 Å². The second kappa shape index (κ2) is 6.47. The Morgan fingerprint density at radius 1 is 1.15 bits per heavy atom. The third kappa shape index (κ3) is 4.12. The van der Waals surface area contributed by atoms with Crippen molar-refractivity contribution in [1.29, 1.82) is 0 Å². The zero-order chi connectivity index (χ0) is 14.7. The number of nitrogens with zero attached hydrogens (tertiary/aromatic N) is 5. The lowest BCUT2D eigenvalue weighted by atomic mass is 10.4. The summed E-state index contributed by atoms with van der Waals surface area (Å²) in [4.78, 5) is 17.9. The molecule has 0 amide bonds. The van der Waals surface area contributed by atoms with Gasteiger partial charge in [-0.15, -0.1) is 11.3 Å². The third-order valence-corrected chi connectivity index (χ3v) is 4.16. The fourth-order valence-electron chi connectivity index (χ4n) is 1.70. The van der Waals surface area contributed by atoms with Gasteiger partial charge in [-0.05, 0) is 35.1 Å². The normalized spacial score (nSPS) is 11.1. The number of hydrogen-bond donors (Lipinski definition) is 1. The van der Waals surface area contributed by atoms with E-state index in [1.54, 1.807) is 11.3 Å². The van der Waals surface area contributed by atoms with E-state index in [1.165, 1.54) is 4.88 Å². The van der Waals surface area contributed by atoms with Crippen molar-refractivity contribution in [2.24, 2.45) is 0 Å². The number of nitrogen functional groups attached to an aromatic ring is 1. The van der Waals surface area contributed by atoms with Gasteiger partial charge in [0.05, 0.1) is 10.3 Å². The minimum Gasteiger partial charge on any atom is -0.368 e. The predicted molar refractivity (Wildman–Crippen MR) is 85.8 cm³/mol. The maximum atomic E-state index is 5.72. The second-order valence-corrected chi connectivity index (χ2v) is 7.23. The number of halogens is 1. The molecule has 0 bridgehead atoms. The highest BCUT2D eigenvalue weighted by Crippen LogP contribution is 2.23. The van der Waals surface area contributed by atoms with Gasteiger partial charge < -0.3 is 10.6 Å². The molecule has 0 spiro atoms. The smallest absolute Gasteiger partial charge is 0.229 e. The first-order valence-corrected chi connectivity index (χ1v) is 7.65. The molecule has 0 aromatic carbocycles. The van der Waals surface area contributed by atoms with Crippen molar-refractivity contribution in [2.45, 2.75) is 13.1 Å². The van der Waals surface area contributed by atoms with E-state index in [4.69, 9.17) is 5.73 Å². The Labute approximate surface area is 130 Å². The number of thiophene rings is 1. The molecule has 2 N–H and O–H groups in total. The van der Waals surface area contributed by atoms with Crippen LogP contribution in [0, 0.1) is 0 Å². The highest BCUT2D eigenvalue weighted by Gasteiger charge is 2.10. The molecule has 8 heteroatoms. The third-order valence-electron chi connectivity index (χ3n) is 2.55. The van der Waals surface area contributed by atoms with Gasteiger partial charge in [0.15, 0.2) is 0 Å². The Balaban J connectivity index is 2.05. The Morgan fingerprint density at radius 3 is 2.50 bits per heavy atom. The summed E-state index contributed by atoms with van der Waals surface area (Å²) in [6.07, 6.45) is 0. The van der Waals surface area contributed by atoms with Crippen LogP contribution in [0.25, 0.3) is 0 Å². The Hall–Kier alpha value is -1.25. The van der Waals surface area contributed by atoms with Crippen LogP contribution in [0.1, 0.15) is 10.7 Å². The van der Waals surface area contributed by atoms with E-state index in [9.17, 15) is 0 Å². The first-order valence-electron chi connectivity index (χ1n) is 6.04. The van der Waals surface area contributed by atoms with Gasteiger partial charge in [0, 0.05) is 25.5 Å². The fourth-order valence-corrected chi connectivity index (χ4v) is 3.26. The van der Waals surface area contributed by atoms with E-state index in [0.717, 1.165) is 10.3 Å². The summed E-state index contributed by atoms with van der Waals surface area (Å²) in [5.41, 5.74) is 5.72. The molecule has 2 aromatic heterocycles. The van der Waals surface area contributed by atoms with Crippen molar-refractivity contribution in [2.75, 3.05) is 31.8 Å².